The van der Waals surface area contributed by atoms with Gasteiger partial charge in [-0.2, -0.15) is 0 Å². The maximum absolute atomic E-state index is 13.1. The van der Waals surface area contributed by atoms with E-state index in [0.717, 1.165) is 47.8 Å². The maximum Gasteiger partial charge on any atom is 0.339 e. The Bertz CT molecular complexity index is 1010. The quantitative estimate of drug-likeness (QED) is 0.507. The van der Waals surface area contributed by atoms with Crippen molar-refractivity contribution in [3.8, 4) is 0 Å². The monoisotopic (exact) mass is 359 g/mol. The van der Waals surface area contributed by atoms with Gasteiger partial charge in [-0.1, -0.05) is 48.5 Å². The van der Waals surface area contributed by atoms with Crippen LogP contribution in [0.1, 0.15) is 51.7 Å². The van der Waals surface area contributed by atoms with Crippen LogP contribution in [0.5, 0.6) is 0 Å². The van der Waals surface area contributed by atoms with Crippen molar-refractivity contribution in [1.82, 2.24) is 4.98 Å². The van der Waals surface area contributed by atoms with E-state index in [1.54, 1.807) is 31.2 Å². The Morgan fingerprint density at radius 3 is 2.48 bits per heavy atom. The van der Waals surface area contributed by atoms with Crippen molar-refractivity contribution in [2.75, 3.05) is 0 Å². The van der Waals surface area contributed by atoms with E-state index < -0.39 is 12.1 Å². The van der Waals surface area contributed by atoms with Crippen LogP contribution in [0, 0.1) is 0 Å². The number of fused-ring (bicyclic) bond motifs is 2. The fraction of sp³-hybridized carbons (Fsp3) is 0.261. The normalized spacial score (nSPS) is 14.4. The number of benzene rings is 2. The van der Waals surface area contributed by atoms with Gasteiger partial charge in [0, 0.05) is 16.6 Å². The molecule has 0 fully saturated rings. The Morgan fingerprint density at radius 1 is 0.963 bits per heavy atom. The standard InChI is InChI=1S/C23H21NO3/c1-15(22(25)16-9-3-2-4-10-16)27-23(26)21-17-11-5-7-13-19(17)24-20-14-8-6-12-18(20)21/h2-5,7,9-11,13,15H,6,8,12,14H2,1H3. The highest BCUT2D eigenvalue weighted by Crippen LogP contribution is 2.30. The molecule has 0 radical (unpaired) electrons. The second-order valence-corrected chi connectivity index (χ2v) is 6.91. The molecule has 136 valence electrons. The van der Waals surface area contributed by atoms with Gasteiger partial charge in [0.05, 0.1) is 11.1 Å². The Balaban J connectivity index is 1.69. The van der Waals surface area contributed by atoms with E-state index in [4.69, 9.17) is 9.72 Å². The zero-order valence-electron chi connectivity index (χ0n) is 15.3. The number of carbonyl (C=O) groups excluding carboxylic acids is 2. The number of pyridine rings is 1. The summed E-state index contributed by atoms with van der Waals surface area (Å²) in [7, 11) is 0. The van der Waals surface area contributed by atoms with E-state index >= 15 is 0 Å². The summed E-state index contributed by atoms with van der Waals surface area (Å²) >= 11 is 0. The second-order valence-electron chi connectivity index (χ2n) is 6.91. The molecule has 4 rings (SSSR count). The van der Waals surface area contributed by atoms with E-state index in [9.17, 15) is 9.59 Å². The summed E-state index contributed by atoms with van der Waals surface area (Å²) < 4.78 is 5.61. The van der Waals surface area contributed by atoms with Crippen molar-refractivity contribution in [1.29, 1.82) is 0 Å². The van der Waals surface area contributed by atoms with Crippen LogP contribution in [-0.2, 0) is 17.6 Å². The highest BCUT2D eigenvalue weighted by Gasteiger charge is 2.26. The lowest BCUT2D eigenvalue weighted by atomic mass is 9.90. The molecule has 27 heavy (non-hydrogen) atoms. The Morgan fingerprint density at radius 2 is 1.67 bits per heavy atom. The lowest BCUT2D eigenvalue weighted by molar-refractivity contribution is 0.0319. The van der Waals surface area contributed by atoms with E-state index in [-0.39, 0.29) is 5.78 Å². The Kier molecular flexibility index (Phi) is 4.71. The van der Waals surface area contributed by atoms with Gasteiger partial charge in [-0.15, -0.1) is 0 Å². The average molecular weight is 359 g/mol. The van der Waals surface area contributed by atoms with Gasteiger partial charge in [-0.05, 0) is 44.2 Å². The number of esters is 1. The highest BCUT2D eigenvalue weighted by atomic mass is 16.5. The van der Waals surface area contributed by atoms with Crippen LogP contribution >= 0.6 is 0 Å². The number of nitrogens with zero attached hydrogens (tertiary/aromatic N) is 1. The van der Waals surface area contributed by atoms with Crippen LogP contribution in [0.2, 0.25) is 0 Å². The van der Waals surface area contributed by atoms with E-state index in [2.05, 4.69) is 0 Å². The molecular formula is C23H21NO3. The van der Waals surface area contributed by atoms with Crippen molar-refractivity contribution in [2.24, 2.45) is 0 Å². The number of ketones is 1. The van der Waals surface area contributed by atoms with E-state index in [1.807, 2.05) is 30.3 Å². The van der Waals surface area contributed by atoms with Gasteiger partial charge in [-0.3, -0.25) is 9.78 Å². The minimum Gasteiger partial charge on any atom is -0.451 e. The van der Waals surface area contributed by atoms with Gasteiger partial charge >= 0.3 is 5.97 Å². The topological polar surface area (TPSA) is 56.3 Å². The molecule has 0 saturated carbocycles. The first-order valence-corrected chi connectivity index (χ1v) is 9.36. The SMILES string of the molecule is CC(OC(=O)c1c2c(nc3ccccc13)CCCC2)C(=O)c1ccccc1. The van der Waals surface area contributed by atoms with Crippen molar-refractivity contribution in [2.45, 2.75) is 38.7 Å². The second kappa shape index (κ2) is 7.31. The predicted molar refractivity (Wildman–Crippen MR) is 104 cm³/mol. The lowest BCUT2D eigenvalue weighted by Gasteiger charge is -2.21. The first-order valence-electron chi connectivity index (χ1n) is 9.36. The van der Waals surface area contributed by atoms with Gasteiger partial charge in [0.2, 0.25) is 5.78 Å². The molecule has 0 bridgehead atoms. The molecule has 0 saturated heterocycles. The maximum atomic E-state index is 13.1. The fourth-order valence-corrected chi connectivity index (χ4v) is 3.72. The van der Waals surface area contributed by atoms with Gasteiger partial charge in [0.1, 0.15) is 0 Å². The number of aryl methyl sites for hydroxylation is 1. The zero-order chi connectivity index (χ0) is 18.8. The molecule has 1 aromatic heterocycles. The summed E-state index contributed by atoms with van der Waals surface area (Å²) in [5.74, 6) is -0.639. The van der Waals surface area contributed by atoms with Gasteiger partial charge in [0.15, 0.2) is 6.10 Å². The van der Waals surface area contributed by atoms with Gasteiger partial charge in [-0.25, -0.2) is 4.79 Å². The van der Waals surface area contributed by atoms with E-state index in [0.29, 0.717) is 11.1 Å². The number of Topliss-reactive ketones (excluding diaryl/α,β-unsaturated/α-hetero) is 1. The van der Waals surface area contributed by atoms with Crippen LogP contribution in [-0.4, -0.2) is 22.8 Å². The van der Waals surface area contributed by atoms with Gasteiger partial charge in [0.25, 0.3) is 0 Å². The molecule has 0 spiro atoms. The number of hydrogen-bond donors (Lipinski definition) is 0. The molecule has 0 aliphatic heterocycles. The molecule has 1 unspecified atom stereocenters. The van der Waals surface area contributed by atoms with Crippen molar-refractivity contribution >= 4 is 22.7 Å². The molecule has 1 atom stereocenters. The van der Waals surface area contributed by atoms with Crippen molar-refractivity contribution in [3.05, 3.63) is 77.0 Å². The number of hydrogen-bond acceptors (Lipinski definition) is 4. The third kappa shape index (κ3) is 3.35. The molecular weight excluding hydrogens is 338 g/mol. The summed E-state index contributed by atoms with van der Waals surface area (Å²) in [6.45, 7) is 1.63. The largest absolute Gasteiger partial charge is 0.451 e. The van der Waals surface area contributed by atoms with Crippen LogP contribution in [0.4, 0.5) is 0 Å². The minimum atomic E-state index is -0.842. The zero-order valence-corrected chi connectivity index (χ0v) is 15.3. The molecule has 4 nitrogen and oxygen atoms in total. The first kappa shape index (κ1) is 17.4. The third-order valence-corrected chi connectivity index (χ3v) is 5.08. The minimum absolute atomic E-state index is 0.198. The van der Waals surface area contributed by atoms with Gasteiger partial charge < -0.3 is 4.74 Å². The molecule has 2 aromatic carbocycles. The van der Waals surface area contributed by atoms with Crippen molar-refractivity contribution in [3.63, 3.8) is 0 Å². The molecule has 1 heterocycles. The Labute approximate surface area is 158 Å². The van der Waals surface area contributed by atoms with Crippen LogP contribution in [0.15, 0.2) is 54.6 Å². The van der Waals surface area contributed by atoms with Crippen LogP contribution in [0.25, 0.3) is 10.9 Å². The highest BCUT2D eigenvalue weighted by molar-refractivity contribution is 6.07. The number of aromatic nitrogens is 1. The molecule has 1 aliphatic rings. The number of rotatable bonds is 4. The lowest BCUT2D eigenvalue weighted by Crippen LogP contribution is -2.26. The molecule has 1 aliphatic carbocycles. The molecule has 3 aromatic rings. The Hall–Kier alpha value is -3.01. The molecule has 0 amide bonds. The predicted octanol–water partition coefficient (Wildman–Crippen LogP) is 4.54. The molecule has 0 N–H and O–H groups in total. The number of ether oxygens (including phenoxy) is 1. The first-order chi connectivity index (χ1) is 13.1. The summed E-state index contributed by atoms with van der Waals surface area (Å²) in [6.07, 6.45) is 2.96. The third-order valence-electron chi connectivity index (χ3n) is 5.08. The summed E-state index contributed by atoms with van der Waals surface area (Å²) in [4.78, 5) is 30.4. The fourth-order valence-electron chi connectivity index (χ4n) is 3.72. The van der Waals surface area contributed by atoms with E-state index in [1.165, 1.54) is 0 Å². The summed E-state index contributed by atoms with van der Waals surface area (Å²) in [5, 5.41) is 0.794. The summed E-state index contributed by atoms with van der Waals surface area (Å²) in [6, 6.07) is 16.5. The number of carbonyl (C=O) groups is 2. The average Bonchev–Trinajstić information content (AvgIpc) is 2.71. The summed E-state index contributed by atoms with van der Waals surface area (Å²) in [5.41, 5.74) is 3.87. The molecule has 4 heteroatoms. The number of para-hydroxylation sites is 1. The van der Waals surface area contributed by atoms with Crippen LogP contribution < -0.4 is 0 Å². The smallest absolute Gasteiger partial charge is 0.339 e. The van der Waals surface area contributed by atoms with Crippen LogP contribution in [0.3, 0.4) is 0 Å². The van der Waals surface area contributed by atoms with Crippen molar-refractivity contribution < 1.29 is 14.3 Å².